The highest BCUT2D eigenvalue weighted by atomic mass is 15.2. The lowest BCUT2D eigenvalue weighted by Gasteiger charge is -2.31. The Morgan fingerprint density at radius 3 is 2.85 bits per heavy atom. The highest BCUT2D eigenvalue weighted by Crippen LogP contribution is 2.29. The quantitative estimate of drug-likeness (QED) is 0.922. The minimum Gasteiger partial charge on any atom is -0.382 e. The smallest absolute Gasteiger partial charge is 0.123 e. The zero-order valence-corrected chi connectivity index (χ0v) is 11.4. The fourth-order valence-electron chi connectivity index (χ4n) is 3.45. The molecule has 20 heavy (non-hydrogen) atoms. The Morgan fingerprint density at radius 1 is 1.10 bits per heavy atom. The van der Waals surface area contributed by atoms with Crippen molar-refractivity contribution < 1.29 is 0 Å². The van der Waals surface area contributed by atoms with E-state index in [2.05, 4.69) is 44.7 Å². The van der Waals surface area contributed by atoms with E-state index in [1.165, 1.54) is 38.2 Å². The first-order chi connectivity index (χ1) is 9.88. The van der Waals surface area contributed by atoms with Crippen molar-refractivity contribution in [3.63, 3.8) is 0 Å². The minimum atomic E-state index is 0.616. The fraction of sp³-hybridized carbons (Fsp3) is 0.467. The van der Waals surface area contributed by atoms with E-state index < -0.39 is 0 Å². The lowest BCUT2D eigenvalue weighted by atomic mass is 9.94. The standard InChI is InChI=1S/C15H19N5/c1-2-13(8-14(3-1)20-10-16-17-11-20)18-15-5-7-19-6-4-12(15)9-19/h1-3,8,10-12,15,18H,4-7,9H2. The van der Waals surface area contributed by atoms with E-state index in [-0.39, 0.29) is 0 Å². The van der Waals surface area contributed by atoms with Crippen molar-refractivity contribution in [2.45, 2.75) is 18.9 Å². The molecular weight excluding hydrogens is 250 g/mol. The van der Waals surface area contributed by atoms with Crippen LogP contribution in [0.25, 0.3) is 5.69 Å². The zero-order chi connectivity index (χ0) is 13.4. The van der Waals surface area contributed by atoms with E-state index in [0.29, 0.717) is 6.04 Å². The first-order valence-electron chi connectivity index (χ1n) is 7.32. The van der Waals surface area contributed by atoms with Crippen molar-refractivity contribution in [1.82, 2.24) is 19.7 Å². The number of rotatable bonds is 3. The van der Waals surface area contributed by atoms with Crippen molar-refractivity contribution in [1.29, 1.82) is 0 Å². The van der Waals surface area contributed by atoms with Gasteiger partial charge in [0.1, 0.15) is 12.7 Å². The van der Waals surface area contributed by atoms with Gasteiger partial charge in [-0.1, -0.05) is 6.07 Å². The molecule has 2 aliphatic rings. The molecule has 2 bridgehead atoms. The summed E-state index contributed by atoms with van der Waals surface area (Å²) in [6, 6.07) is 9.10. The molecule has 0 saturated carbocycles. The second-order valence-corrected chi connectivity index (χ2v) is 5.81. The Hall–Kier alpha value is -1.88. The Morgan fingerprint density at radius 2 is 1.95 bits per heavy atom. The van der Waals surface area contributed by atoms with Crippen LogP contribution in [0, 0.1) is 5.92 Å². The molecule has 1 aromatic carbocycles. The van der Waals surface area contributed by atoms with Crippen LogP contribution in [0.1, 0.15) is 12.8 Å². The monoisotopic (exact) mass is 269 g/mol. The van der Waals surface area contributed by atoms with Crippen LogP contribution in [0.2, 0.25) is 0 Å². The molecule has 3 heterocycles. The maximum absolute atomic E-state index is 3.86. The van der Waals surface area contributed by atoms with Crippen LogP contribution in [-0.2, 0) is 0 Å². The Balaban J connectivity index is 1.52. The number of benzene rings is 1. The third-order valence-corrected chi connectivity index (χ3v) is 4.55. The van der Waals surface area contributed by atoms with E-state index in [1.54, 1.807) is 12.7 Å². The Bertz CT molecular complexity index is 580. The highest BCUT2D eigenvalue weighted by molar-refractivity contribution is 5.51. The van der Waals surface area contributed by atoms with Crippen molar-refractivity contribution in [3.8, 4) is 5.69 Å². The number of nitrogens with zero attached hydrogens (tertiary/aromatic N) is 4. The van der Waals surface area contributed by atoms with Crippen molar-refractivity contribution in [2.24, 2.45) is 5.92 Å². The van der Waals surface area contributed by atoms with Crippen molar-refractivity contribution in [2.75, 3.05) is 25.0 Å². The second kappa shape index (κ2) is 4.90. The number of hydrogen-bond acceptors (Lipinski definition) is 4. The first-order valence-corrected chi connectivity index (χ1v) is 7.32. The lowest BCUT2D eigenvalue weighted by Crippen LogP contribution is -2.39. The van der Waals surface area contributed by atoms with Crippen LogP contribution in [-0.4, -0.2) is 45.3 Å². The molecule has 2 aromatic rings. The SMILES string of the molecule is c1cc(NC2CCN3CCC2C3)cc(-n2cnnc2)c1. The second-order valence-electron chi connectivity index (χ2n) is 5.81. The molecular formula is C15H19N5. The topological polar surface area (TPSA) is 46.0 Å². The van der Waals surface area contributed by atoms with Crippen LogP contribution >= 0.6 is 0 Å². The molecule has 104 valence electrons. The number of piperidine rings is 1. The summed E-state index contributed by atoms with van der Waals surface area (Å²) in [5.74, 6) is 0.808. The summed E-state index contributed by atoms with van der Waals surface area (Å²) in [6.07, 6.45) is 6.05. The van der Waals surface area contributed by atoms with Crippen LogP contribution in [0.15, 0.2) is 36.9 Å². The minimum absolute atomic E-state index is 0.616. The van der Waals surface area contributed by atoms with E-state index >= 15 is 0 Å². The van der Waals surface area contributed by atoms with Gasteiger partial charge in [-0.15, -0.1) is 10.2 Å². The molecule has 0 spiro atoms. The normalized spacial score (nSPS) is 28.5. The molecule has 1 N–H and O–H groups in total. The molecule has 0 radical (unpaired) electrons. The summed E-state index contributed by atoms with van der Waals surface area (Å²) in [4.78, 5) is 2.58. The molecule has 3 atom stereocenters. The highest BCUT2D eigenvalue weighted by Gasteiger charge is 2.33. The summed E-state index contributed by atoms with van der Waals surface area (Å²) < 4.78 is 1.93. The largest absolute Gasteiger partial charge is 0.382 e. The molecule has 5 heteroatoms. The number of anilines is 1. The van der Waals surface area contributed by atoms with Crippen LogP contribution in [0.4, 0.5) is 5.69 Å². The van der Waals surface area contributed by atoms with Crippen LogP contribution < -0.4 is 5.32 Å². The third kappa shape index (κ3) is 2.18. The van der Waals surface area contributed by atoms with Gasteiger partial charge >= 0.3 is 0 Å². The van der Waals surface area contributed by atoms with Gasteiger partial charge in [-0.05, 0) is 43.5 Å². The van der Waals surface area contributed by atoms with E-state index in [0.717, 1.165) is 11.6 Å². The van der Waals surface area contributed by atoms with Gasteiger partial charge in [0.15, 0.2) is 0 Å². The molecule has 0 aliphatic carbocycles. The molecule has 2 saturated heterocycles. The predicted molar refractivity (Wildman–Crippen MR) is 77.9 cm³/mol. The average molecular weight is 269 g/mol. The molecule has 2 fully saturated rings. The predicted octanol–water partition coefficient (Wildman–Crippen LogP) is 1.77. The lowest BCUT2D eigenvalue weighted by molar-refractivity contribution is 0.255. The third-order valence-electron chi connectivity index (χ3n) is 4.55. The number of aromatic nitrogens is 3. The van der Waals surface area contributed by atoms with Gasteiger partial charge in [-0.2, -0.15) is 0 Å². The van der Waals surface area contributed by atoms with Gasteiger partial charge in [0.05, 0.1) is 5.69 Å². The Labute approximate surface area is 118 Å². The Kier molecular flexibility index (Phi) is 2.92. The molecule has 1 aromatic heterocycles. The van der Waals surface area contributed by atoms with Gasteiger partial charge in [-0.25, -0.2) is 0 Å². The zero-order valence-electron chi connectivity index (χ0n) is 11.4. The maximum Gasteiger partial charge on any atom is 0.123 e. The number of fused-ring (bicyclic) bond motifs is 2. The average Bonchev–Trinajstić information content (AvgIpc) is 3.13. The van der Waals surface area contributed by atoms with Gasteiger partial charge in [0.2, 0.25) is 0 Å². The molecule has 2 aliphatic heterocycles. The van der Waals surface area contributed by atoms with Crippen molar-refractivity contribution in [3.05, 3.63) is 36.9 Å². The summed E-state index contributed by atoms with van der Waals surface area (Å²) >= 11 is 0. The first kappa shape index (κ1) is 11.9. The summed E-state index contributed by atoms with van der Waals surface area (Å²) in [5, 5.41) is 11.5. The van der Waals surface area contributed by atoms with E-state index in [1.807, 2.05) is 4.57 Å². The van der Waals surface area contributed by atoms with Gasteiger partial charge < -0.3 is 10.2 Å². The fourth-order valence-corrected chi connectivity index (χ4v) is 3.45. The van der Waals surface area contributed by atoms with E-state index in [4.69, 9.17) is 0 Å². The summed E-state index contributed by atoms with van der Waals surface area (Å²) in [5.41, 5.74) is 2.30. The molecule has 3 unspecified atom stereocenters. The number of hydrogen-bond donors (Lipinski definition) is 1. The molecule has 0 amide bonds. The van der Waals surface area contributed by atoms with E-state index in [9.17, 15) is 0 Å². The summed E-state index contributed by atoms with van der Waals surface area (Å²) in [7, 11) is 0. The van der Waals surface area contributed by atoms with Crippen LogP contribution in [0.5, 0.6) is 0 Å². The number of nitrogens with one attached hydrogen (secondary N) is 1. The van der Waals surface area contributed by atoms with Crippen molar-refractivity contribution >= 4 is 5.69 Å². The molecule has 5 nitrogen and oxygen atoms in total. The van der Waals surface area contributed by atoms with Crippen LogP contribution in [0.3, 0.4) is 0 Å². The van der Waals surface area contributed by atoms with Gasteiger partial charge in [-0.3, -0.25) is 4.57 Å². The molecule has 4 rings (SSSR count). The van der Waals surface area contributed by atoms with Gasteiger partial charge in [0.25, 0.3) is 0 Å². The summed E-state index contributed by atoms with van der Waals surface area (Å²) in [6.45, 7) is 3.78. The maximum atomic E-state index is 3.86. The van der Waals surface area contributed by atoms with Gasteiger partial charge in [0, 0.05) is 24.8 Å².